The number of hydrogen-bond acceptors (Lipinski definition) is 3. The van der Waals surface area contributed by atoms with E-state index >= 15 is 0 Å². The number of likely N-dealkylation sites (tertiary alicyclic amines) is 1. The van der Waals surface area contributed by atoms with E-state index in [9.17, 15) is 0 Å². The minimum absolute atomic E-state index is 0. The third-order valence-electron chi connectivity index (χ3n) is 3.81. The molecule has 6 heteroatoms. The molecule has 0 amide bonds. The fraction of sp³-hybridized carbons (Fsp3) is 0.938. The molecular weight excluding hydrogens is 391 g/mol. The summed E-state index contributed by atoms with van der Waals surface area (Å²) in [7, 11) is 3.54. The molecule has 0 bridgehead atoms. The molecule has 1 aliphatic rings. The molecular formula is C16H35IN4O. The molecule has 2 atom stereocenters. The average molecular weight is 426 g/mol. The smallest absolute Gasteiger partial charge is 0.191 e. The maximum absolute atomic E-state index is 5.14. The van der Waals surface area contributed by atoms with Crippen molar-refractivity contribution in [2.45, 2.75) is 39.7 Å². The maximum atomic E-state index is 5.14. The van der Waals surface area contributed by atoms with Gasteiger partial charge in [0.15, 0.2) is 5.96 Å². The zero-order valence-electron chi connectivity index (χ0n) is 14.9. The average Bonchev–Trinajstić information content (AvgIpc) is 2.43. The summed E-state index contributed by atoms with van der Waals surface area (Å²) in [5.74, 6) is 2.34. The van der Waals surface area contributed by atoms with Gasteiger partial charge in [0.05, 0.1) is 6.61 Å². The summed E-state index contributed by atoms with van der Waals surface area (Å²) in [5, 5.41) is 6.81. The first-order chi connectivity index (χ1) is 10.0. The van der Waals surface area contributed by atoms with Gasteiger partial charge in [-0.05, 0) is 38.1 Å². The van der Waals surface area contributed by atoms with Crippen LogP contribution < -0.4 is 10.6 Å². The van der Waals surface area contributed by atoms with Gasteiger partial charge in [-0.3, -0.25) is 4.99 Å². The van der Waals surface area contributed by atoms with Gasteiger partial charge in [-0.2, -0.15) is 0 Å². The predicted octanol–water partition coefficient (Wildman–Crippen LogP) is 2.17. The van der Waals surface area contributed by atoms with Gasteiger partial charge in [0.25, 0.3) is 0 Å². The van der Waals surface area contributed by atoms with E-state index in [1.807, 2.05) is 7.05 Å². The predicted molar refractivity (Wildman–Crippen MR) is 105 cm³/mol. The summed E-state index contributed by atoms with van der Waals surface area (Å²) in [4.78, 5) is 6.89. The van der Waals surface area contributed by atoms with Crippen LogP contribution in [-0.2, 0) is 4.74 Å². The van der Waals surface area contributed by atoms with E-state index in [1.54, 1.807) is 7.11 Å². The van der Waals surface area contributed by atoms with E-state index in [0.717, 1.165) is 18.4 Å². The van der Waals surface area contributed by atoms with Crippen molar-refractivity contribution in [3.63, 3.8) is 0 Å². The second-order valence-corrected chi connectivity index (χ2v) is 6.62. The van der Waals surface area contributed by atoms with Crippen molar-refractivity contribution in [1.82, 2.24) is 15.5 Å². The maximum Gasteiger partial charge on any atom is 0.191 e. The summed E-state index contributed by atoms with van der Waals surface area (Å²) in [6.07, 6.45) is 2.62. The molecule has 1 heterocycles. The molecule has 0 spiro atoms. The number of guanidine groups is 1. The number of methoxy groups -OCH3 is 1. The van der Waals surface area contributed by atoms with Crippen LogP contribution in [-0.4, -0.2) is 63.8 Å². The SMILES string of the molecule is CN=C(NCC1CCCN(CC(C)C)C1)NC(C)COC.I. The zero-order chi connectivity index (χ0) is 15.7. The minimum atomic E-state index is 0. The first-order valence-electron chi connectivity index (χ1n) is 8.23. The number of piperidine rings is 1. The summed E-state index contributed by atoms with van der Waals surface area (Å²) < 4.78 is 5.14. The van der Waals surface area contributed by atoms with Gasteiger partial charge < -0.3 is 20.3 Å². The zero-order valence-corrected chi connectivity index (χ0v) is 17.2. The number of halogens is 1. The highest BCUT2D eigenvalue weighted by molar-refractivity contribution is 14.0. The van der Waals surface area contributed by atoms with Crippen LogP contribution in [0, 0.1) is 11.8 Å². The van der Waals surface area contributed by atoms with Crippen LogP contribution >= 0.6 is 24.0 Å². The molecule has 132 valence electrons. The third-order valence-corrected chi connectivity index (χ3v) is 3.81. The third kappa shape index (κ3) is 9.15. The molecule has 1 rings (SSSR count). The minimum Gasteiger partial charge on any atom is -0.383 e. The van der Waals surface area contributed by atoms with Crippen molar-refractivity contribution >= 4 is 29.9 Å². The molecule has 2 N–H and O–H groups in total. The lowest BCUT2D eigenvalue weighted by Gasteiger charge is -2.34. The lowest BCUT2D eigenvalue weighted by atomic mass is 9.97. The number of nitrogens with one attached hydrogen (secondary N) is 2. The van der Waals surface area contributed by atoms with E-state index in [0.29, 0.717) is 12.5 Å². The van der Waals surface area contributed by atoms with Gasteiger partial charge in [-0.1, -0.05) is 13.8 Å². The summed E-state index contributed by atoms with van der Waals surface area (Å²) in [5.41, 5.74) is 0. The molecule has 22 heavy (non-hydrogen) atoms. The normalized spacial score (nSPS) is 21.4. The number of ether oxygens (including phenoxy) is 1. The van der Waals surface area contributed by atoms with Crippen LogP contribution in [0.15, 0.2) is 4.99 Å². The molecule has 5 nitrogen and oxygen atoms in total. The Kier molecular flexibility index (Phi) is 12.3. The van der Waals surface area contributed by atoms with Crippen LogP contribution in [0.4, 0.5) is 0 Å². The lowest BCUT2D eigenvalue weighted by Crippen LogP contribution is -2.47. The highest BCUT2D eigenvalue weighted by Gasteiger charge is 2.20. The second kappa shape index (κ2) is 12.4. The van der Waals surface area contributed by atoms with Gasteiger partial charge in [-0.25, -0.2) is 0 Å². The van der Waals surface area contributed by atoms with Crippen molar-refractivity contribution in [2.75, 3.05) is 46.9 Å². The topological polar surface area (TPSA) is 48.9 Å². The molecule has 0 saturated carbocycles. The molecule has 1 saturated heterocycles. The molecule has 2 unspecified atom stereocenters. The Labute approximate surface area is 153 Å². The first-order valence-corrected chi connectivity index (χ1v) is 8.23. The molecule has 1 fully saturated rings. The monoisotopic (exact) mass is 426 g/mol. The molecule has 0 aromatic rings. The Balaban J connectivity index is 0.00000441. The summed E-state index contributed by atoms with van der Waals surface area (Å²) in [6.45, 7) is 12.0. The Morgan fingerprint density at radius 2 is 2.09 bits per heavy atom. The fourth-order valence-electron chi connectivity index (χ4n) is 2.96. The van der Waals surface area contributed by atoms with Gasteiger partial charge in [-0.15, -0.1) is 24.0 Å². The standard InChI is InChI=1S/C16H34N4O.HI/c1-13(2)10-20-8-6-7-15(11-20)9-18-16(17-4)19-14(3)12-21-5;/h13-15H,6-12H2,1-5H3,(H2,17,18,19);1H. The van der Waals surface area contributed by atoms with Crippen LogP contribution in [0.2, 0.25) is 0 Å². The van der Waals surface area contributed by atoms with Crippen molar-refractivity contribution in [3.05, 3.63) is 0 Å². The lowest BCUT2D eigenvalue weighted by molar-refractivity contribution is 0.159. The van der Waals surface area contributed by atoms with Gasteiger partial charge in [0.2, 0.25) is 0 Å². The summed E-state index contributed by atoms with van der Waals surface area (Å²) >= 11 is 0. The second-order valence-electron chi connectivity index (χ2n) is 6.62. The van der Waals surface area contributed by atoms with Crippen LogP contribution in [0.3, 0.4) is 0 Å². The van der Waals surface area contributed by atoms with Crippen LogP contribution in [0.25, 0.3) is 0 Å². The van der Waals surface area contributed by atoms with E-state index in [1.165, 1.54) is 32.5 Å². The van der Waals surface area contributed by atoms with Crippen LogP contribution in [0.5, 0.6) is 0 Å². The van der Waals surface area contributed by atoms with E-state index < -0.39 is 0 Å². The van der Waals surface area contributed by atoms with Crippen molar-refractivity contribution in [1.29, 1.82) is 0 Å². The Hall–Kier alpha value is -0.0800. The van der Waals surface area contributed by atoms with E-state index in [-0.39, 0.29) is 30.0 Å². The Morgan fingerprint density at radius 3 is 2.68 bits per heavy atom. The largest absolute Gasteiger partial charge is 0.383 e. The highest BCUT2D eigenvalue weighted by Crippen LogP contribution is 2.16. The molecule has 0 aliphatic carbocycles. The number of nitrogens with zero attached hydrogens (tertiary/aromatic N) is 2. The Bertz CT molecular complexity index is 313. The highest BCUT2D eigenvalue weighted by atomic mass is 127. The summed E-state index contributed by atoms with van der Waals surface area (Å²) in [6, 6.07) is 0.269. The first kappa shape index (κ1) is 21.9. The molecule has 0 radical (unpaired) electrons. The Morgan fingerprint density at radius 1 is 1.36 bits per heavy atom. The fourth-order valence-corrected chi connectivity index (χ4v) is 2.96. The van der Waals surface area contributed by atoms with Crippen molar-refractivity contribution < 1.29 is 4.74 Å². The van der Waals surface area contributed by atoms with Gasteiger partial charge in [0, 0.05) is 39.8 Å². The van der Waals surface area contributed by atoms with Gasteiger partial charge in [0.1, 0.15) is 0 Å². The molecule has 0 aromatic heterocycles. The number of rotatable bonds is 7. The van der Waals surface area contributed by atoms with Crippen LogP contribution in [0.1, 0.15) is 33.6 Å². The number of aliphatic imine (C=N–C) groups is 1. The quantitative estimate of drug-likeness (QED) is 0.372. The van der Waals surface area contributed by atoms with Crippen molar-refractivity contribution in [3.8, 4) is 0 Å². The van der Waals surface area contributed by atoms with E-state index in [4.69, 9.17) is 4.74 Å². The molecule has 0 aromatic carbocycles. The van der Waals surface area contributed by atoms with E-state index in [2.05, 4.69) is 41.3 Å². The number of hydrogen-bond donors (Lipinski definition) is 2. The van der Waals surface area contributed by atoms with Gasteiger partial charge >= 0.3 is 0 Å². The molecule has 1 aliphatic heterocycles. The van der Waals surface area contributed by atoms with Crippen molar-refractivity contribution in [2.24, 2.45) is 16.8 Å².